The first-order chi connectivity index (χ1) is 12.1. The van der Waals surface area contributed by atoms with Gasteiger partial charge < -0.3 is 10.2 Å². The van der Waals surface area contributed by atoms with Crippen LogP contribution in [0, 0.1) is 0 Å². The average molecular weight is 338 g/mol. The Kier molecular flexibility index (Phi) is 5.38. The van der Waals surface area contributed by atoms with E-state index in [1.165, 1.54) is 6.92 Å². The molecule has 3 rings (SSSR count). The van der Waals surface area contributed by atoms with Gasteiger partial charge in [0.1, 0.15) is 0 Å². The smallest absolute Gasteiger partial charge is 0.227 e. The van der Waals surface area contributed by atoms with Crippen molar-refractivity contribution in [2.75, 3.05) is 6.54 Å². The molecule has 0 aromatic carbocycles. The van der Waals surface area contributed by atoms with E-state index in [0.29, 0.717) is 13.0 Å². The van der Waals surface area contributed by atoms with Crippen LogP contribution in [0.2, 0.25) is 0 Å². The number of carbonyl (C=O) groups excluding carboxylic acids is 2. The van der Waals surface area contributed by atoms with E-state index in [2.05, 4.69) is 15.3 Å². The summed E-state index contributed by atoms with van der Waals surface area (Å²) in [5.41, 5.74) is 2.78. The predicted molar refractivity (Wildman–Crippen MR) is 93.4 cm³/mol. The Balaban J connectivity index is 1.66. The second kappa shape index (κ2) is 7.88. The van der Waals surface area contributed by atoms with Gasteiger partial charge in [0.25, 0.3) is 0 Å². The van der Waals surface area contributed by atoms with E-state index in [9.17, 15) is 9.59 Å². The minimum atomic E-state index is -0.0629. The number of pyridine rings is 2. The van der Waals surface area contributed by atoms with Crippen LogP contribution < -0.4 is 5.32 Å². The van der Waals surface area contributed by atoms with Crippen LogP contribution in [-0.2, 0) is 22.6 Å². The van der Waals surface area contributed by atoms with Crippen LogP contribution in [0.25, 0.3) is 0 Å². The minimum Gasteiger partial charge on any atom is -0.352 e. The molecule has 0 bridgehead atoms. The number of hydrogen-bond acceptors (Lipinski definition) is 4. The average Bonchev–Trinajstić information content (AvgIpc) is 3.11. The number of nitrogens with one attached hydrogen (secondary N) is 1. The number of rotatable bonds is 5. The Bertz CT molecular complexity index is 731. The van der Waals surface area contributed by atoms with Gasteiger partial charge in [0.05, 0.1) is 18.2 Å². The third-order valence-electron chi connectivity index (χ3n) is 4.38. The normalized spacial score (nSPS) is 16.7. The fourth-order valence-corrected chi connectivity index (χ4v) is 3.12. The lowest BCUT2D eigenvalue weighted by molar-refractivity contribution is -0.131. The van der Waals surface area contributed by atoms with E-state index < -0.39 is 0 Å². The Morgan fingerprint density at radius 2 is 2.12 bits per heavy atom. The third-order valence-corrected chi connectivity index (χ3v) is 4.38. The van der Waals surface area contributed by atoms with Crippen molar-refractivity contribution in [1.29, 1.82) is 0 Å². The summed E-state index contributed by atoms with van der Waals surface area (Å²) in [7, 11) is 0. The van der Waals surface area contributed by atoms with Crippen molar-refractivity contribution in [1.82, 2.24) is 20.2 Å². The summed E-state index contributed by atoms with van der Waals surface area (Å²) in [6, 6.07) is 7.71. The first kappa shape index (κ1) is 17.1. The highest BCUT2D eigenvalue weighted by molar-refractivity contribution is 5.79. The molecule has 0 aliphatic carbocycles. The monoisotopic (exact) mass is 338 g/mol. The molecule has 6 heteroatoms. The molecule has 1 aliphatic heterocycles. The molecule has 6 nitrogen and oxygen atoms in total. The number of amides is 2. The van der Waals surface area contributed by atoms with Gasteiger partial charge in [-0.05, 0) is 36.1 Å². The van der Waals surface area contributed by atoms with E-state index in [1.807, 2.05) is 29.2 Å². The van der Waals surface area contributed by atoms with Gasteiger partial charge in [-0.1, -0.05) is 12.1 Å². The Morgan fingerprint density at radius 3 is 2.80 bits per heavy atom. The highest BCUT2D eigenvalue weighted by Gasteiger charge is 2.30. The maximum absolute atomic E-state index is 12.7. The lowest BCUT2D eigenvalue weighted by atomic mass is 10.1. The van der Waals surface area contributed by atoms with Crippen LogP contribution in [0.15, 0.2) is 42.9 Å². The largest absolute Gasteiger partial charge is 0.352 e. The molecule has 1 fully saturated rings. The molecular formula is C19H22N4O2. The molecule has 2 amide bonds. The van der Waals surface area contributed by atoms with Gasteiger partial charge in [0.15, 0.2) is 0 Å². The topological polar surface area (TPSA) is 75.2 Å². The van der Waals surface area contributed by atoms with E-state index in [4.69, 9.17) is 0 Å². The van der Waals surface area contributed by atoms with Gasteiger partial charge in [-0.2, -0.15) is 0 Å². The molecular weight excluding hydrogens is 316 g/mol. The molecule has 1 N–H and O–H groups in total. The highest BCUT2D eigenvalue weighted by atomic mass is 16.2. The molecule has 25 heavy (non-hydrogen) atoms. The molecule has 0 radical (unpaired) electrons. The molecule has 0 unspecified atom stereocenters. The van der Waals surface area contributed by atoms with Crippen LogP contribution in [0.1, 0.15) is 42.6 Å². The van der Waals surface area contributed by atoms with Crippen LogP contribution in [-0.4, -0.2) is 33.2 Å². The lowest BCUT2D eigenvalue weighted by Crippen LogP contribution is -2.32. The zero-order valence-electron chi connectivity index (χ0n) is 14.3. The Labute approximate surface area is 147 Å². The summed E-state index contributed by atoms with van der Waals surface area (Å²) >= 11 is 0. The van der Waals surface area contributed by atoms with E-state index in [0.717, 1.165) is 36.2 Å². The molecule has 1 saturated heterocycles. The molecule has 2 aromatic rings. The zero-order valence-corrected chi connectivity index (χ0v) is 14.3. The lowest BCUT2D eigenvalue weighted by Gasteiger charge is -2.24. The van der Waals surface area contributed by atoms with Crippen LogP contribution in [0.4, 0.5) is 0 Å². The molecule has 130 valence electrons. The number of likely N-dealkylation sites (tertiary alicyclic amines) is 1. The second-order valence-corrected chi connectivity index (χ2v) is 6.28. The van der Waals surface area contributed by atoms with Crippen LogP contribution in [0.3, 0.4) is 0 Å². The zero-order chi connectivity index (χ0) is 17.6. The predicted octanol–water partition coefficient (Wildman–Crippen LogP) is 2.02. The fraction of sp³-hybridized carbons (Fsp3) is 0.368. The number of aromatic nitrogens is 2. The van der Waals surface area contributed by atoms with Gasteiger partial charge in [-0.3, -0.25) is 19.6 Å². The standard InChI is InChI=1S/C19H22N4O2/c1-14(24)21-12-16-6-7-17(22-13-16)18-5-3-9-23(18)19(25)10-15-4-2-8-20-11-15/h2,4,6-8,11,13,18H,3,5,9-10,12H2,1H3,(H,21,24)/t18-/m1/s1. The van der Waals surface area contributed by atoms with E-state index >= 15 is 0 Å². The SMILES string of the molecule is CC(=O)NCc1ccc([C@H]2CCCN2C(=O)Cc2cccnc2)nc1. The van der Waals surface area contributed by atoms with Gasteiger partial charge in [-0.25, -0.2) is 0 Å². The van der Waals surface area contributed by atoms with Gasteiger partial charge in [0.2, 0.25) is 11.8 Å². The molecule has 2 aromatic heterocycles. The third kappa shape index (κ3) is 4.41. The van der Waals surface area contributed by atoms with Crippen molar-refractivity contribution in [2.45, 2.75) is 38.8 Å². The van der Waals surface area contributed by atoms with Crippen molar-refractivity contribution in [3.05, 3.63) is 59.7 Å². The Hall–Kier alpha value is -2.76. The summed E-state index contributed by atoms with van der Waals surface area (Å²) in [5, 5.41) is 2.76. The minimum absolute atomic E-state index is 0.0268. The number of hydrogen-bond donors (Lipinski definition) is 1. The molecule has 0 saturated carbocycles. The summed E-state index contributed by atoms with van der Waals surface area (Å²) in [6.07, 6.45) is 7.49. The van der Waals surface area contributed by atoms with E-state index in [-0.39, 0.29) is 17.9 Å². The van der Waals surface area contributed by atoms with Gasteiger partial charge in [-0.15, -0.1) is 0 Å². The maximum atomic E-state index is 12.7. The van der Waals surface area contributed by atoms with Crippen molar-refractivity contribution >= 4 is 11.8 Å². The Morgan fingerprint density at radius 1 is 1.24 bits per heavy atom. The molecule has 1 aliphatic rings. The van der Waals surface area contributed by atoms with Crippen molar-refractivity contribution in [3.63, 3.8) is 0 Å². The first-order valence-electron chi connectivity index (χ1n) is 8.51. The van der Waals surface area contributed by atoms with Crippen molar-refractivity contribution in [2.24, 2.45) is 0 Å². The number of carbonyl (C=O) groups is 2. The highest BCUT2D eigenvalue weighted by Crippen LogP contribution is 2.31. The summed E-state index contributed by atoms with van der Waals surface area (Å²) in [4.78, 5) is 34.2. The first-order valence-corrected chi connectivity index (χ1v) is 8.51. The summed E-state index contributed by atoms with van der Waals surface area (Å²) in [5.74, 6) is 0.0478. The number of nitrogens with zero attached hydrogens (tertiary/aromatic N) is 3. The quantitative estimate of drug-likeness (QED) is 0.905. The maximum Gasteiger partial charge on any atom is 0.227 e. The molecule has 0 spiro atoms. The van der Waals surface area contributed by atoms with Gasteiger partial charge in [0, 0.05) is 38.6 Å². The van der Waals surface area contributed by atoms with Crippen molar-refractivity contribution < 1.29 is 9.59 Å². The van der Waals surface area contributed by atoms with Crippen LogP contribution in [0.5, 0.6) is 0 Å². The van der Waals surface area contributed by atoms with Crippen molar-refractivity contribution in [3.8, 4) is 0 Å². The molecule has 3 heterocycles. The van der Waals surface area contributed by atoms with Gasteiger partial charge >= 0.3 is 0 Å². The summed E-state index contributed by atoms with van der Waals surface area (Å²) < 4.78 is 0. The van der Waals surface area contributed by atoms with E-state index in [1.54, 1.807) is 18.6 Å². The fourth-order valence-electron chi connectivity index (χ4n) is 3.12. The second-order valence-electron chi connectivity index (χ2n) is 6.28. The van der Waals surface area contributed by atoms with Crippen LogP contribution >= 0.6 is 0 Å². The summed E-state index contributed by atoms with van der Waals surface area (Å²) in [6.45, 7) is 2.72. The molecule has 1 atom stereocenters.